The van der Waals surface area contributed by atoms with Gasteiger partial charge in [0.2, 0.25) is 11.8 Å². The molecule has 1 fully saturated rings. The summed E-state index contributed by atoms with van der Waals surface area (Å²) in [5.74, 6) is -0.280. The van der Waals surface area contributed by atoms with Crippen LogP contribution in [0.25, 0.3) is 0 Å². The smallest absolute Gasteiger partial charge is 0.337 e. The molecular formula is C21H22N2O6. The van der Waals surface area contributed by atoms with Crippen LogP contribution in [0.15, 0.2) is 42.5 Å². The molecule has 0 spiro atoms. The van der Waals surface area contributed by atoms with Gasteiger partial charge in [-0.15, -0.1) is 0 Å². The molecule has 2 amide bonds. The number of anilines is 2. The van der Waals surface area contributed by atoms with Crippen molar-refractivity contribution in [2.45, 2.75) is 6.42 Å². The molecule has 0 bridgehead atoms. The van der Waals surface area contributed by atoms with Crippen LogP contribution in [-0.4, -0.2) is 45.7 Å². The van der Waals surface area contributed by atoms with E-state index < -0.39 is 11.9 Å². The van der Waals surface area contributed by atoms with Gasteiger partial charge in [-0.2, -0.15) is 0 Å². The van der Waals surface area contributed by atoms with E-state index in [1.165, 1.54) is 21.3 Å². The zero-order valence-electron chi connectivity index (χ0n) is 16.4. The monoisotopic (exact) mass is 398 g/mol. The number of rotatable bonds is 6. The molecule has 0 aliphatic carbocycles. The van der Waals surface area contributed by atoms with Gasteiger partial charge in [0.25, 0.3) is 0 Å². The minimum absolute atomic E-state index is 0.109. The Labute approximate surface area is 168 Å². The molecule has 1 atom stereocenters. The third kappa shape index (κ3) is 4.31. The molecule has 1 N–H and O–H groups in total. The zero-order chi connectivity index (χ0) is 21.0. The third-order valence-corrected chi connectivity index (χ3v) is 4.75. The van der Waals surface area contributed by atoms with Crippen molar-refractivity contribution >= 4 is 29.2 Å². The molecule has 1 unspecified atom stereocenters. The van der Waals surface area contributed by atoms with Gasteiger partial charge >= 0.3 is 5.97 Å². The Morgan fingerprint density at radius 2 is 1.69 bits per heavy atom. The maximum atomic E-state index is 12.7. The fraction of sp³-hybridized carbons (Fsp3) is 0.286. The van der Waals surface area contributed by atoms with E-state index in [0.717, 1.165) is 0 Å². The average Bonchev–Trinajstić information content (AvgIpc) is 3.15. The molecule has 3 rings (SSSR count). The molecule has 1 aliphatic rings. The van der Waals surface area contributed by atoms with Crippen LogP contribution in [0.2, 0.25) is 0 Å². The maximum absolute atomic E-state index is 12.7. The van der Waals surface area contributed by atoms with Crippen LogP contribution in [0.5, 0.6) is 11.5 Å². The fourth-order valence-electron chi connectivity index (χ4n) is 3.19. The number of nitrogens with zero attached hydrogens (tertiary/aromatic N) is 1. The number of hydrogen-bond acceptors (Lipinski definition) is 6. The van der Waals surface area contributed by atoms with Gasteiger partial charge in [-0.3, -0.25) is 9.59 Å². The van der Waals surface area contributed by atoms with Gasteiger partial charge in [-0.25, -0.2) is 4.79 Å². The van der Waals surface area contributed by atoms with Crippen LogP contribution < -0.4 is 19.7 Å². The lowest BCUT2D eigenvalue weighted by Gasteiger charge is -2.17. The summed E-state index contributed by atoms with van der Waals surface area (Å²) in [7, 11) is 4.36. The number of nitrogens with one attached hydrogen (secondary N) is 1. The Kier molecular flexibility index (Phi) is 6.01. The van der Waals surface area contributed by atoms with Gasteiger partial charge in [0.05, 0.1) is 32.8 Å². The number of methoxy groups -OCH3 is 3. The van der Waals surface area contributed by atoms with E-state index >= 15 is 0 Å². The summed E-state index contributed by atoms with van der Waals surface area (Å²) in [4.78, 5) is 38.1. The first-order chi connectivity index (χ1) is 14.0. The lowest BCUT2D eigenvalue weighted by atomic mass is 10.1. The zero-order valence-corrected chi connectivity index (χ0v) is 16.4. The van der Waals surface area contributed by atoms with Gasteiger partial charge in [0.1, 0.15) is 0 Å². The van der Waals surface area contributed by atoms with Crippen molar-refractivity contribution in [2.75, 3.05) is 38.1 Å². The summed E-state index contributed by atoms with van der Waals surface area (Å²) < 4.78 is 15.1. The van der Waals surface area contributed by atoms with Gasteiger partial charge in [-0.05, 0) is 36.4 Å². The largest absolute Gasteiger partial charge is 0.493 e. The standard InChI is InChI=1S/C21H22N2O6/c1-27-17-9-6-15(11-18(17)28-2)22-20(25)14-10-19(24)23(12-14)16-7-4-13(5-8-16)21(26)29-3/h4-9,11,14H,10,12H2,1-3H3,(H,22,25). The third-order valence-electron chi connectivity index (χ3n) is 4.75. The van der Waals surface area contributed by atoms with Gasteiger partial charge in [-0.1, -0.05) is 0 Å². The molecule has 1 heterocycles. The summed E-state index contributed by atoms with van der Waals surface area (Å²) in [5.41, 5.74) is 1.58. The van der Waals surface area contributed by atoms with Crippen molar-refractivity contribution in [1.82, 2.24) is 0 Å². The van der Waals surface area contributed by atoms with Crippen molar-refractivity contribution in [3.8, 4) is 11.5 Å². The number of carbonyl (C=O) groups is 3. The summed E-state index contributed by atoms with van der Waals surface area (Å²) in [5, 5.41) is 2.82. The summed E-state index contributed by atoms with van der Waals surface area (Å²) in [6.07, 6.45) is 0.109. The molecule has 8 nitrogen and oxygen atoms in total. The van der Waals surface area contributed by atoms with E-state index in [1.807, 2.05) is 0 Å². The van der Waals surface area contributed by atoms with Crippen LogP contribution >= 0.6 is 0 Å². The van der Waals surface area contributed by atoms with E-state index in [0.29, 0.717) is 28.4 Å². The molecule has 8 heteroatoms. The van der Waals surface area contributed by atoms with Crippen LogP contribution in [0, 0.1) is 5.92 Å². The lowest BCUT2D eigenvalue weighted by Crippen LogP contribution is -2.28. The lowest BCUT2D eigenvalue weighted by molar-refractivity contribution is -0.122. The van der Waals surface area contributed by atoms with Gasteiger partial charge in [0, 0.05) is 30.4 Å². The second kappa shape index (κ2) is 8.64. The second-order valence-corrected chi connectivity index (χ2v) is 6.50. The average molecular weight is 398 g/mol. The SMILES string of the molecule is COC(=O)c1ccc(N2CC(C(=O)Nc3ccc(OC)c(OC)c3)CC2=O)cc1. The van der Waals surface area contributed by atoms with Crippen LogP contribution in [0.1, 0.15) is 16.8 Å². The molecule has 0 saturated carbocycles. The van der Waals surface area contributed by atoms with Crippen molar-refractivity contribution < 1.29 is 28.6 Å². The second-order valence-electron chi connectivity index (χ2n) is 6.50. The van der Waals surface area contributed by atoms with Crippen molar-refractivity contribution in [1.29, 1.82) is 0 Å². The number of ether oxygens (including phenoxy) is 3. The predicted octanol–water partition coefficient (Wildman–Crippen LogP) is 2.48. The van der Waals surface area contributed by atoms with Gasteiger partial charge in [0.15, 0.2) is 11.5 Å². The van der Waals surface area contributed by atoms with Gasteiger partial charge < -0.3 is 24.4 Å². The van der Waals surface area contributed by atoms with E-state index in [1.54, 1.807) is 47.4 Å². The number of benzene rings is 2. The minimum Gasteiger partial charge on any atom is -0.493 e. The number of carbonyl (C=O) groups excluding carboxylic acids is 3. The Bertz CT molecular complexity index is 925. The molecule has 0 radical (unpaired) electrons. The van der Waals surface area contributed by atoms with E-state index in [4.69, 9.17) is 9.47 Å². The predicted molar refractivity (Wildman–Crippen MR) is 106 cm³/mol. The Morgan fingerprint density at radius 3 is 2.31 bits per heavy atom. The number of esters is 1. The first-order valence-electron chi connectivity index (χ1n) is 8.98. The molecule has 0 aromatic heterocycles. The van der Waals surface area contributed by atoms with Crippen molar-refractivity contribution in [3.05, 3.63) is 48.0 Å². The van der Waals surface area contributed by atoms with Crippen molar-refractivity contribution in [2.24, 2.45) is 5.92 Å². The highest BCUT2D eigenvalue weighted by molar-refractivity contribution is 6.03. The van der Waals surface area contributed by atoms with Crippen LogP contribution in [0.3, 0.4) is 0 Å². The van der Waals surface area contributed by atoms with Crippen LogP contribution in [-0.2, 0) is 14.3 Å². The molecule has 2 aromatic rings. The molecule has 1 aliphatic heterocycles. The maximum Gasteiger partial charge on any atom is 0.337 e. The highest BCUT2D eigenvalue weighted by Crippen LogP contribution is 2.31. The first kappa shape index (κ1) is 20.2. The quantitative estimate of drug-likeness (QED) is 0.752. The molecule has 2 aromatic carbocycles. The molecular weight excluding hydrogens is 376 g/mol. The molecule has 29 heavy (non-hydrogen) atoms. The number of hydrogen-bond donors (Lipinski definition) is 1. The van der Waals surface area contributed by atoms with E-state index in [2.05, 4.69) is 10.1 Å². The summed E-state index contributed by atoms with van der Waals surface area (Å²) in [6, 6.07) is 11.6. The van der Waals surface area contributed by atoms with E-state index in [9.17, 15) is 14.4 Å². The van der Waals surface area contributed by atoms with E-state index in [-0.39, 0.29) is 24.8 Å². The Hall–Kier alpha value is -3.55. The number of amides is 2. The summed E-state index contributed by atoms with van der Waals surface area (Å²) >= 11 is 0. The highest BCUT2D eigenvalue weighted by atomic mass is 16.5. The topological polar surface area (TPSA) is 94.2 Å². The highest BCUT2D eigenvalue weighted by Gasteiger charge is 2.35. The van der Waals surface area contributed by atoms with Crippen LogP contribution in [0.4, 0.5) is 11.4 Å². The normalized spacial score (nSPS) is 15.8. The molecule has 1 saturated heterocycles. The first-order valence-corrected chi connectivity index (χ1v) is 8.98. The fourth-order valence-corrected chi connectivity index (χ4v) is 3.19. The summed E-state index contributed by atoms with van der Waals surface area (Å²) in [6.45, 7) is 0.259. The molecule has 152 valence electrons. The Morgan fingerprint density at radius 1 is 1.00 bits per heavy atom. The Balaban J connectivity index is 1.68. The minimum atomic E-state index is -0.490. The van der Waals surface area contributed by atoms with Crippen molar-refractivity contribution in [3.63, 3.8) is 0 Å².